The first-order valence-corrected chi connectivity index (χ1v) is 11.1. The van der Waals surface area contributed by atoms with Crippen LogP contribution < -0.4 is 14.2 Å². The van der Waals surface area contributed by atoms with Crippen LogP contribution in [0.3, 0.4) is 0 Å². The molecule has 0 saturated carbocycles. The van der Waals surface area contributed by atoms with Crippen molar-refractivity contribution in [1.29, 1.82) is 0 Å². The fourth-order valence-electron chi connectivity index (χ4n) is 5.05. The molecule has 0 bridgehead atoms. The van der Waals surface area contributed by atoms with Crippen LogP contribution in [0.4, 0.5) is 0 Å². The van der Waals surface area contributed by atoms with Gasteiger partial charge in [0.25, 0.3) is 0 Å². The molecular formula is C27H26O6. The lowest BCUT2D eigenvalue weighted by atomic mass is 9.76. The van der Waals surface area contributed by atoms with Gasteiger partial charge in [-0.2, -0.15) is 0 Å². The third-order valence-corrected chi connectivity index (χ3v) is 6.46. The lowest BCUT2D eigenvalue weighted by molar-refractivity contribution is -0.153. The number of esters is 1. The van der Waals surface area contributed by atoms with Gasteiger partial charge in [-0.15, -0.1) is 0 Å². The lowest BCUT2D eigenvalue weighted by Gasteiger charge is -2.33. The van der Waals surface area contributed by atoms with Crippen molar-refractivity contribution in [3.05, 3.63) is 89.0 Å². The van der Waals surface area contributed by atoms with Crippen molar-refractivity contribution in [2.45, 2.75) is 24.9 Å². The summed E-state index contributed by atoms with van der Waals surface area (Å²) in [7, 11) is 1.35. The summed E-state index contributed by atoms with van der Waals surface area (Å²) >= 11 is 0. The zero-order valence-corrected chi connectivity index (χ0v) is 18.6. The first-order chi connectivity index (χ1) is 16.1. The summed E-state index contributed by atoms with van der Waals surface area (Å²) in [5, 5.41) is 12.4. The Kier molecular flexibility index (Phi) is 5.46. The lowest BCUT2D eigenvalue weighted by Crippen LogP contribution is -2.40. The van der Waals surface area contributed by atoms with Crippen LogP contribution in [0.2, 0.25) is 0 Å². The first-order valence-electron chi connectivity index (χ1n) is 11.1. The van der Waals surface area contributed by atoms with Gasteiger partial charge in [0, 0.05) is 11.5 Å². The number of fused-ring (bicyclic) bond motifs is 2. The van der Waals surface area contributed by atoms with Gasteiger partial charge in [0.2, 0.25) is 6.79 Å². The van der Waals surface area contributed by atoms with Crippen molar-refractivity contribution in [3.63, 3.8) is 0 Å². The van der Waals surface area contributed by atoms with Gasteiger partial charge in [-0.05, 0) is 41.3 Å². The van der Waals surface area contributed by atoms with Crippen LogP contribution in [0, 0.1) is 5.92 Å². The molecule has 1 heterocycles. The van der Waals surface area contributed by atoms with Crippen molar-refractivity contribution < 1.29 is 28.8 Å². The summed E-state index contributed by atoms with van der Waals surface area (Å²) in [5.41, 5.74) is 1.26. The minimum Gasteiger partial charge on any atom is -0.493 e. The molecule has 1 aliphatic heterocycles. The van der Waals surface area contributed by atoms with E-state index >= 15 is 0 Å². The molecule has 0 aromatic heterocycles. The molecule has 170 valence electrons. The number of benzene rings is 3. The highest BCUT2D eigenvalue weighted by atomic mass is 16.7. The topological polar surface area (TPSA) is 74.2 Å². The van der Waals surface area contributed by atoms with E-state index in [2.05, 4.69) is 0 Å². The highest BCUT2D eigenvalue weighted by Crippen LogP contribution is 2.57. The number of hydrogen-bond acceptors (Lipinski definition) is 6. The molecule has 6 heteroatoms. The number of methoxy groups -OCH3 is 1. The Hall–Kier alpha value is -3.51. The number of para-hydroxylation sites is 1. The number of carbonyl (C=O) groups excluding carboxylic acids is 1. The van der Waals surface area contributed by atoms with Crippen molar-refractivity contribution in [2.24, 2.45) is 5.92 Å². The van der Waals surface area contributed by atoms with Gasteiger partial charge < -0.3 is 24.1 Å². The van der Waals surface area contributed by atoms with E-state index in [1.54, 1.807) is 0 Å². The maximum atomic E-state index is 13.3. The smallest absolute Gasteiger partial charge is 0.313 e. The quantitative estimate of drug-likeness (QED) is 0.567. The SMILES string of the molecule is CCCOc1ccccc1C1(O)c2ccccc2[C@H](c2ccc3c(c2)OCO3)[C@H]1C(=O)OC. The van der Waals surface area contributed by atoms with Gasteiger partial charge in [0.1, 0.15) is 17.3 Å². The molecule has 0 fully saturated rings. The number of carbonyl (C=O) groups is 1. The predicted molar refractivity (Wildman–Crippen MR) is 122 cm³/mol. The second-order valence-corrected chi connectivity index (χ2v) is 8.29. The first kappa shape index (κ1) is 21.3. The Balaban J connectivity index is 1.73. The monoisotopic (exact) mass is 446 g/mol. The van der Waals surface area contributed by atoms with Gasteiger partial charge in [-0.3, -0.25) is 4.79 Å². The summed E-state index contributed by atoms with van der Waals surface area (Å²) in [6.07, 6.45) is 0.823. The summed E-state index contributed by atoms with van der Waals surface area (Å²) in [4.78, 5) is 13.3. The van der Waals surface area contributed by atoms with Crippen LogP contribution >= 0.6 is 0 Å². The average molecular weight is 446 g/mol. The van der Waals surface area contributed by atoms with Crippen molar-refractivity contribution >= 4 is 5.97 Å². The second-order valence-electron chi connectivity index (χ2n) is 8.29. The minimum absolute atomic E-state index is 0.159. The maximum absolute atomic E-state index is 13.3. The largest absolute Gasteiger partial charge is 0.493 e. The van der Waals surface area contributed by atoms with Crippen LogP contribution in [-0.4, -0.2) is 31.6 Å². The molecule has 3 atom stereocenters. The third-order valence-electron chi connectivity index (χ3n) is 6.46. The van der Waals surface area contributed by atoms with Gasteiger partial charge in [0.15, 0.2) is 11.5 Å². The average Bonchev–Trinajstić information content (AvgIpc) is 3.43. The van der Waals surface area contributed by atoms with Gasteiger partial charge in [-0.25, -0.2) is 0 Å². The summed E-state index contributed by atoms with van der Waals surface area (Å²) < 4.78 is 22.3. The van der Waals surface area contributed by atoms with Crippen molar-refractivity contribution in [3.8, 4) is 17.2 Å². The summed E-state index contributed by atoms with van der Waals surface area (Å²) in [5.74, 6) is -0.0403. The molecule has 1 aliphatic carbocycles. The van der Waals surface area contributed by atoms with E-state index in [0.717, 1.165) is 17.5 Å². The Labute approximate surface area is 192 Å². The van der Waals surface area contributed by atoms with E-state index in [1.165, 1.54) is 7.11 Å². The van der Waals surface area contributed by atoms with Crippen LogP contribution in [0.5, 0.6) is 17.2 Å². The molecule has 5 rings (SSSR count). The van der Waals surface area contributed by atoms with Gasteiger partial charge in [0.05, 0.1) is 13.7 Å². The van der Waals surface area contributed by atoms with Gasteiger partial charge in [-0.1, -0.05) is 55.5 Å². The molecule has 0 amide bonds. The fraction of sp³-hybridized carbons (Fsp3) is 0.296. The molecule has 1 N–H and O–H groups in total. The zero-order valence-electron chi connectivity index (χ0n) is 18.6. The molecule has 1 unspecified atom stereocenters. The van der Waals surface area contributed by atoms with Crippen LogP contribution in [0.15, 0.2) is 66.7 Å². The zero-order chi connectivity index (χ0) is 23.0. The van der Waals surface area contributed by atoms with Gasteiger partial charge >= 0.3 is 5.97 Å². The van der Waals surface area contributed by atoms with E-state index in [9.17, 15) is 9.90 Å². The summed E-state index contributed by atoms with van der Waals surface area (Å²) in [6.45, 7) is 2.69. The molecule has 6 nitrogen and oxygen atoms in total. The molecule has 0 saturated heterocycles. The number of hydrogen-bond donors (Lipinski definition) is 1. The predicted octanol–water partition coefficient (Wildman–Crippen LogP) is 4.37. The second kappa shape index (κ2) is 8.45. The molecule has 2 aliphatic rings. The van der Waals surface area contributed by atoms with Crippen LogP contribution in [-0.2, 0) is 15.1 Å². The highest BCUT2D eigenvalue weighted by Gasteiger charge is 2.57. The van der Waals surface area contributed by atoms with E-state index in [1.807, 2.05) is 73.7 Å². The highest BCUT2D eigenvalue weighted by molar-refractivity contribution is 5.81. The Morgan fingerprint density at radius 2 is 1.76 bits per heavy atom. The molecule has 3 aromatic carbocycles. The standard InChI is InChI=1S/C27H26O6/c1-3-14-31-21-11-7-6-10-20(21)27(29)19-9-5-4-8-18(19)24(25(27)26(28)30-2)17-12-13-22-23(15-17)33-16-32-22/h4-13,15,24-25,29H,3,14,16H2,1-2H3/t24-,25-,27?/m0/s1. The van der Waals surface area contributed by atoms with Crippen LogP contribution in [0.25, 0.3) is 0 Å². The normalized spacial score (nSPS) is 22.6. The van der Waals surface area contributed by atoms with Crippen molar-refractivity contribution in [1.82, 2.24) is 0 Å². The van der Waals surface area contributed by atoms with Crippen molar-refractivity contribution in [2.75, 3.05) is 20.5 Å². The van der Waals surface area contributed by atoms with E-state index in [0.29, 0.717) is 35.0 Å². The molecule has 3 aromatic rings. The summed E-state index contributed by atoms with van der Waals surface area (Å²) in [6, 6.07) is 20.6. The third kappa shape index (κ3) is 3.33. The Bertz CT molecular complexity index is 1190. The van der Waals surface area contributed by atoms with E-state index < -0.39 is 23.4 Å². The molecule has 0 spiro atoms. The number of aliphatic hydroxyl groups is 1. The number of rotatable bonds is 6. The Morgan fingerprint density at radius 3 is 2.55 bits per heavy atom. The van der Waals surface area contributed by atoms with E-state index in [-0.39, 0.29) is 6.79 Å². The van der Waals surface area contributed by atoms with E-state index in [4.69, 9.17) is 18.9 Å². The number of ether oxygens (including phenoxy) is 4. The van der Waals surface area contributed by atoms with Crippen LogP contribution in [0.1, 0.15) is 41.5 Å². The molecule has 0 radical (unpaired) electrons. The minimum atomic E-state index is -1.64. The molecule has 33 heavy (non-hydrogen) atoms. The Morgan fingerprint density at radius 1 is 1.03 bits per heavy atom. The maximum Gasteiger partial charge on any atom is 0.313 e. The fourth-order valence-corrected chi connectivity index (χ4v) is 5.05. The molecular weight excluding hydrogens is 420 g/mol.